The molecule has 1 amide bonds. The molecule has 0 saturated carbocycles. The van der Waals surface area contributed by atoms with Crippen LogP contribution in [0.15, 0.2) is 0 Å². The molecule has 1 rings (SSSR count). The average molecular weight is 236 g/mol. The number of carbonyl (C=O) groups is 1. The van der Waals surface area contributed by atoms with Gasteiger partial charge in [-0.1, -0.05) is 15.9 Å². The zero-order chi connectivity index (χ0) is 8.97. The van der Waals surface area contributed by atoms with Crippen molar-refractivity contribution in [3.8, 4) is 0 Å². The number of rotatable bonds is 2. The molecule has 12 heavy (non-hydrogen) atoms. The number of alkyl halides is 1. The highest BCUT2D eigenvalue weighted by atomic mass is 79.9. The van der Waals surface area contributed by atoms with Crippen molar-refractivity contribution >= 4 is 21.8 Å². The van der Waals surface area contributed by atoms with Crippen molar-refractivity contribution in [1.82, 2.24) is 4.90 Å². The highest BCUT2D eigenvalue weighted by Crippen LogP contribution is 2.08. The number of nitrogens with zero attached hydrogens (tertiary/aromatic N) is 1. The Balaban J connectivity index is 2.42. The third-order valence-corrected chi connectivity index (χ3v) is 2.39. The summed E-state index contributed by atoms with van der Waals surface area (Å²) in [5, 5.41) is 0.746. The van der Waals surface area contributed by atoms with Crippen molar-refractivity contribution in [1.29, 1.82) is 0 Å². The lowest BCUT2D eigenvalue weighted by Crippen LogP contribution is -2.47. The van der Waals surface area contributed by atoms with Crippen molar-refractivity contribution < 1.29 is 9.53 Å². The molecule has 0 bridgehead atoms. The summed E-state index contributed by atoms with van der Waals surface area (Å²) >= 11 is 3.26. The van der Waals surface area contributed by atoms with E-state index < -0.39 is 0 Å². The molecule has 1 heterocycles. The fourth-order valence-corrected chi connectivity index (χ4v) is 1.66. The van der Waals surface area contributed by atoms with Crippen molar-refractivity contribution in [2.75, 3.05) is 25.1 Å². The number of hydrogen-bond acceptors (Lipinski definition) is 2. The third-order valence-electron chi connectivity index (χ3n) is 2.00. The number of hydrogen-bond donors (Lipinski definition) is 0. The van der Waals surface area contributed by atoms with E-state index in [1.54, 1.807) is 0 Å². The topological polar surface area (TPSA) is 29.5 Å². The maximum Gasteiger partial charge on any atom is 0.223 e. The average Bonchev–Trinajstić information content (AvgIpc) is 2.05. The van der Waals surface area contributed by atoms with Crippen molar-refractivity contribution in [3.05, 3.63) is 0 Å². The molecule has 1 saturated heterocycles. The van der Waals surface area contributed by atoms with E-state index in [1.165, 1.54) is 0 Å². The zero-order valence-electron chi connectivity index (χ0n) is 7.25. The first kappa shape index (κ1) is 9.99. The van der Waals surface area contributed by atoms with Gasteiger partial charge in [0.15, 0.2) is 0 Å². The van der Waals surface area contributed by atoms with Crippen LogP contribution in [0.1, 0.15) is 13.3 Å². The van der Waals surface area contributed by atoms with E-state index in [4.69, 9.17) is 4.74 Å². The van der Waals surface area contributed by atoms with Crippen LogP contribution in [0.4, 0.5) is 0 Å². The lowest BCUT2D eigenvalue weighted by molar-refractivity contribution is -0.138. The standard InChI is InChI=1S/C8H14BrNO2/c1-7-6-12-5-4-10(7)8(11)2-3-9/h7H,2-6H2,1H3. The Bertz CT molecular complexity index is 163. The monoisotopic (exact) mass is 235 g/mol. The normalized spacial score (nSPS) is 24.2. The predicted molar refractivity (Wildman–Crippen MR) is 50.4 cm³/mol. The highest BCUT2D eigenvalue weighted by Gasteiger charge is 2.22. The summed E-state index contributed by atoms with van der Waals surface area (Å²) < 4.78 is 5.23. The van der Waals surface area contributed by atoms with Gasteiger partial charge in [-0.15, -0.1) is 0 Å². The molecular weight excluding hydrogens is 222 g/mol. The predicted octanol–water partition coefficient (Wildman–Crippen LogP) is 1.02. The lowest BCUT2D eigenvalue weighted by atomic mass is 10.2. The minimum absolute atomic E-state index is 0.225. The molecule has 0 spiro atoms. The number of carbonyl (C=O) groups excluding carboxylic acids is 1. The molecule has 1 aliphatic rings. The van der Waals surface area contributed by atoms with Crippen LogP contribution in [0.3, 0.4) is 0 Å². The van der Waals surface area contributed by atoms with Crippen LogP contribution in [0.25, 0.3) is 0 Å². The van der Waals surface area contributed by atoms with Crippen LogP contribution in [-0.2, 0) is 9.53 Å². The summed E-state index contributed by atoms with van der Waals surface area (Å²) in [5.41, 5.74) is 0. The molecule has 0 aliphatic carbocycles. The second kappa shape index (κ2) is 4.82. The van der Waals surface area contributed by atoms with Gasteiger partial charge in [0.25, 0.3) is 0 Å². The molecule has 0 aromatic rings. The van der Waals surface area contributed by atoms with E-state index in [0.29, 0.717) is 19.6 Å². The Morgan fingerprint density at radius 3 is 3.08 bits per heavy atom. The Morgan fingerprint density at radius 1 is 1.75 bits per heavy atom. The lowest BCUT2D eigenvalue weighted by Gasteiger charge is -2.33. The smallest absolute Gasteiger partial charge is 0.223 e. The molecule has 1 fully saturated rings. The van der Waals surface area contributed by atoms with Crippen LogP contribution < -0.4 is 0 Å². The third kappa shape index (κ3) is 2.45. The van der Waals surface area contributed by atoms with E-state index in [9.17, 15) is 4.79 Å². The van der Waals surface area contributed by atoms with Crippen LogP contribution in [0.5, 0.6) is 0 Å². The molecule has 0 aromatic heterocycles. The largest absolute Gasteiger partial charge is 0.377 e. The summed E-state index contributed by atoms with van der Waals surface area (Å²) in [7, 11) is 0. The molecule has 1 aliphatic heterocycles. The fourth-order valence-electron chi connectivity index (χ4n) is 1.32. The van der Waals surface area contributed by atoms with Gasteiger partial charge in [-0.2, -0.15) is 0 Å². The Labute approximate surface area is 81.2 Å². The van der Waals surface area contributed by atoms with Gasteiger partial charge in [-0.05, 0) is 6.92 Å². The fraction of sp³-hybridized carbons (Fsp3) is 0.875. The van der Waals surface area contributed by atoms with Gasteiger partial charge in [-0.25, -0.2) is 0 Å². The summed E-state index contributed by atoms with van der Waals surface area (Å²) in [6, 6.07) is 0.241. The molecule has 0 N–H and O–H groups in total. The summed E-state index contributed by atoms with van der Waals surface area (Å²) in [6.07, 6.45) is 0.588. The summed E-state index contributed by atoms with van der Waals surface area (Å²) in [6.45, 7) is 4.12. The highest BCUT2D eigenvalue weighted by molar-refractivity contribution is 9.09. The van der Waals surface area contributed by atoms with E-state index in [-0.39, 0.29) is 11.9 Å². The molecule has 1 atom stereocenters. The van der Waals surface area contributed by atoms with Crippen molar-refractivity contribution in [3.63, 3.8) is 0 Å². The summed E-state index contributed by atoms with van der Waals surface area (Å²) in [5.74, 6) is 0.225. The van der Waals surface area contributed by atoms with Crippen molar-refractivity contribution in [2.45, 2.75) is 19.4 Å². The Morgan fingerprint density at radius 2 is 2.50 bits per heavy atom. The SMILES string of the molecule is CC1COCCN1C(=O)CCBr. The first-order valence-electron chi connectivity index (χ1n) is 4.19. The molecule has 0 aromatic carbocycles. The van der Waals surface area contributed by atoms with Gasteiger partial charge in [-0.3, -0.25) is 4.79 Å². The van der Waals surface area contributed by atoms with E-state index in [0.717, 1.165) is 11.9 Å². The quantitative estimate of drug-likeness (QED) is 0.670. The van der Waals surface area contributed by atoms with Gasteiger partial charge in [0, 0.05) is 18.3 Å². The van der Waals surface area contributed by atoms with E-state index >= 15 is 0 Å². The van der Waals surface area contributed by atoms with Crippen LogP contribution in [0.2, 0.25) is 0 Å². The number of halogens is 1. The molecule has 70 valence electrons. The van der Waals surface area contributed by atoms with Crippen LogP contribution in [0, 0.1) is 0 Å². The number of morpholine rings is 1. The zero-order valence-corrected chi connectivity index (χ0v) is 8.84. The van der Waals surface area contributed by atoms with Crippen molar-refractivity contribution in [2.24, 2.45) is 0 Å². The second-order valence-corrected chi connectivity index (χ2v) is 3.74. The first-order valence-corrected chi connectivity index (χ1v) is 5.31. The maximum atomic E-state index is 11.4. The second-order valence-electron chi connectivity index (χ2n) is 2.95. The van der Waals surface area contributed by atoms with Gasteiger partial charge < -0.3 is 9.64 Å². The van der Waals surface area contributed by atoms with Crippen LogP contribution in [-0.4, -0.2) is 41.9 Å². The Hall–Kier alpha value is -0.0900. The minimum atomic E-state index is 0.225. The van der Waals surface area contributed by atoms with Crippen LogP contribution >= 0.6 is 15.9 Å². The maximum absolute atomic E-state index is 11.4. The van der Waals surface area contributed by atoms with E-state index in [2.05, 4.69) is 15.9 Å². The van der Waals surface area contributed by atoms with Gasteiger partial charge >= 0.3 is 0 Å². The van der Waals surface area contributed by atoms with Gasteiger partial charge in [0.05, 0.1) is 19.3 Å². The molecule has 3 nitrogen and oxygen atoms in total. The number of ether oxygens (including phenoxy) is 1. The van der Waals surface area contributed by atoms with Gasteiger partial charge in [0.2, 0.25) is 5.91 Å². The minimum Gasteiger partial charge on any atom is -0.377 e. The summed E-state index contributed by atoms with van der Waals surface area (Å²) in [4.78, 5) is 13.3. The molecular formula is C8H14BrNO2. The first-order chi connectivity index (χ1) is 5.75. The number of amides is 1. The molecule has 4 heteroatoms. The molecule has 0 radical (unpaired) electrons. The molecule has 1 unspecified atom stereocenters. The van der Waals surface area contributed by atoms with Gasteiger partial charge in [0.1, 0.15) is 0 Å². The Kier molecular flexibility index (Phi) is 4.01. The van der Waals surface area contributed by atoms with E-state index in [1.807, 2.05) is 11.8 Å².